The normalized spacial score (nSPS) is 12.0. The average Bonchev–Trinajstić information content (AvgIpc) is 3.17. The summed E-state index contributed by atoms with van der Waals surface area (Å²) in [5.41, 5.74) is 0. The number of carbonyl (C=O) groups excluding carboxylic acids is 3. The zero-order valence-electron chi connectivity index (χ0n) is 36.3. The van der Waals surface area contributed by atoms with Crippen molar-refractivity contribution in [3.8, 4) is 0 Å². The molecule has 0 aromatic carbocycles. The minimum absolute atomic E-state index is 0.0679. The van der Waals surface area contributed by atoms with Crippen LogP contribution in [0.15, 0.2) is 12.2 Å². The molecule has 0 saturated heterocycles. The topological polar surface area (TPSA) is 78.9 Å². The number of rotatable bonds is 43. The van der Waals surface area contributed by atoms with Crippen LogP contribution < -0.4 is 0 Å². The Balaban J connectivity index is 4.35. The second-order valence-corrected chi connectivity index (χ2v) is 16.0. The van der Waals surface area contributed by atoms with E-state index in [0.29, 0.717) is 19.3 Å². The van der Waals surface area contributed by atoms with E-state index < -0.39 is 6.10 Å². The molecule has 0 aromatic rings. The van der Waals surface area contributed by atoms with E-state index in [9.17, 15) is 14.4 Å². The molecule has 0 aromatic heterocycles. The third-order valence-corrected chi connectivity index (χ3v) is 10.5. The van der Waals surface area contributed by atoms with Crippen molar-refractivity contribution in [2.45, 2.75) is 264 Å². The Morgan fingerprint density at radius 2 is 0.611 bits per heavy atom. The fraction of sp³-hybridized carbons (Fsp3) is 0.896. The fourth-order valence-corrected chi connectivity index (χ4v) is 6.91. The van der Waals surface area contributed by atoms with Gasteiger partial charge in [0.05, 0.1) is 0 Å². The van der Waals surface area contributed by atoms with Crippen LogP contribution in [0.3, 0.4) is 0 Å². The van der Waals surface area contributed by atoms with Crippen LogP contribution in [0.25, 0.3) is 0 Å². The van der Waals surface area contributed by atoms with Gasteiger partial charge < -0.3 is 14.2 Å². The molecule has 0 bridgehead atoms. The lowest BCUT2D eigenvalue weighted by Gasteiger charge is -2.18. The van der Waals surface area contributed by atoms with Gasteiger partial charge in [0, 0.05) is 19.3 Å². The Labute approximate surface area is 335 Å². The molecule has 0 radical (unpaired) electrons. The van der Waals surface area contributed by atoms with Gasteiger partial charge in [-0.3, -0.25) is 14.4 Å². The van der Waals surface area contributed by atoms with Gasteiger partial charge in [0.25, 0.3) is 0 Å². The monoisotopic (exact) mass is 763 g/mol. The molecule has 0 heterocycles. The van der Waals surface area contributed by atoms with Gasteiger partial charge in [0.2, 0.25) is 0 Å². The number of esters is 3. The first-order valence-corrected chi connectivity index (χ1v) is 23.7. The SMILES string of the molecule is CCCCCC/C=C\CCCCCCCC(=O)OC[C@@H](COC(=O)CCCCCCCCCCCCC)OC(=O)CCCCCCCCCCCCCC. The molecule has 6 heteroatoms. The van der Waals surface area contributed by atoms with Crippen LogP contribution in [0.2, 0.25) is 0 Å². The fourth-order valence-electron chi connectivity index (χ4n) is 6.91. The lowest BCUT2D eigenvalue weighted by atomic mass is 10.0. The van der Waals surface area contributed by atoms with Gasteiger partial charge in [-0.15, -0.1) is 0 Å². The smallest absolute Gasteiger partial charge is 0.306 e. The zero-order chi connectivity index (χ0) is 39.4. The van der Waals surface area contributed by atoms with Crippen molar-refractivity contribution in [1.82, 2.24) is 0 Å². The molecule has 0 amide bonds. The van der Waals surface area contributed by atoms with E-state index in [1.807, 2.05) is 0 Å². The summed E-state index contributed by atoms with van der Waals surface area (Å²) in [7, 11) is 0. The Kier molecular flexibility index (Phi) is 42.4. The van der Waals surface area contributed by atoms with Crippen molar-refractivity contribution < 1.29 is 28.6 Å². The lowest BCUT2D eigenvalue weighted by molar-refractivity contribution is -0.167. The summed E-state index contributed by atoms with van der Waals surface area (Å²) in [6, 6.07) is 0. The van der Waals surface area contributed by atoms with Crippen LogP contribution in [-0.2, 0) is 28.6 Å². The van der Waals surface area contributed by atoms with Gasteiger partial charge in [-0.05, 0) is 44.9 Å². The predicted molar refractivity (Wildman–Crippen MR) is 229 cm³/mol. The molecule has 0 saturated carbocycles. The van der Waals surface area contributed by atoms with Crippen LogP contribution in [0.4, 0.5) is 0 Å². The van der Waals surface area contributed by atoms with E-state index in [4.69, 9.17) is 14.2 Å². The molecule has 0 spiro atoms. The molecular weight excluding hydrogens is 673 g/mol. The van der Waals surface area contributed by atoms with Crippen molar-refractivity contribution in [1.29, 1.82) is 0 Å². The molecule has 6 nitrogen and oxygen atoms in total. The Morgan fingerprint density at radius 3 is 0.944 bits per heavy atom. The largest absolute Gasteiger partial charge is 0.462 e. The predicted octanol–water partition coefficient (Wildman–Crippen LogP) is 15.0. The second-order valence-electron chi connectivity index (χ2n) is 16.0. The standard InChI is InChI=1S/C48H90O6/c1-4-7-10-13-16-19-22-24-27-29-32-35-38-41-47(50)53-44-45(43-52-46(49)40-37-34-31-28-25-21-18-15-12-9-6-3)54-48(51)42-39-36-33-30-26-23-20-17-14-11-8-5-2/h19,22,45H,4-18,20-21,23-44H2,1-3H3/b22-19-/t45-/m1/s1. The maximum Gasteiger partial charge on any atom is 0.306 e. The van der Waals surface area contributed by atoms with E-state index >= 15 is 0 Å². The molecule has 1 atom stereocenters. The maximum atomic E-state index is 12.7. The highest BCUT2D eigenvalue weighted by Gasteiger charge is 2.19. The van der Waals surface area contributed by atoms with Crippen molar-refractivity contribution in [2.75, 3.05) is 13.2 Å². The average molecular weight is 763 g/mol. The first-order valence-electron chi connectivity index (χ1n) is 23.7. The van der Waals surface area contributed by atoms with Crippen molar-refractivity contribution >= 4 is 17.9 Å². The summed E-state index contributed by atoms with van der Waals surface area (Å²) in [6.07, 6.45) is 46.1. The summed E-state index contributed by atoms with van der Waals surface area (Å²) in [5.74, 6) is -0.868. The van der Waals surface area contributed by atoms with Crippen LogP contribution in [0, 0.1) is 0 Å². The van der Waals surface area contributed by atoms with Gasteiger partial charge in [-0.25, -0.2) is 0 Å². The van der Waals surface area contributed by atoms with E-state index in [-0.39, 0.29) is 31.1 Å². The Hall–Kier alpha value is -1.85. The highest BCUT2D eigenvalue weighted by Crippen LogP contribution is 2.15. The van der Waals surface area contributed by atoms with Gasteiger partial charge >= 0.3 is 17.9 Å². The van der Waals surface area contributed by atoms with Gasteiger partial charge in [-0.2, -0.15) is 0 Å². The zero-order valence-corrected chi connectivity index (χ0v) is 36.3. The Morgan fingerprint density at radius 1 is 0.352 bits per heavy atom. The van der Waals surface area contributed by atoms with E-state index in [1.165, 1.54) is 154 Å². The highest BCUT2D eigenvalue weighted by atomic mass is 16.6. The molecule has 0 N–H and O–H groups in total. The maximum absolute atomic E-state index is 12.7. The van der Waals surface area contributed by atoms with Crippen LogP contribution >= 0.6 is 0 Å². The molecule has 0 aliphatic heterocycles. The number of hydrogen-bond donors (Lipinski definition) is 0. The Bertz CT molecular complexity index is 839. The van der Waals surface area contributed by atoms with Gasteiger partial charge in [0.15, 0.2) is 6.10 Å². The second kappa shape index (κ2) is 43.9. The summed E-state index contributed by atoms with van der Waals surface area (Å²) >= 11 is 0. The molecular formula is C48H90O6. The molecule has 0 aliphatic carbocycles. The minimum Gasteiger partial charge on any atom is -0.462 e. The van der Waals surface area contributed by atoms with Crippen molar-refractivity contribution in [2.24, 2.45) is 0 Å². The molecule has 0 unspecified atom stereocenters. The van der Waals surface area contributed by atoms with E-state index in [0.717, 1.165) is 64.2 Å². The van der Waals surface area contributed by atoms with E-state index in [2.05, 4.69) is 32.9 Å². The van der Waals surface area contributed by atoms with Crippen molar-refractivity contribution in [3.05, 3.63) is 12.2 Å². The molecule has 0 fully saturated rings. The van der Waals surface area contributed by atoms with Crippen molar-refractivity contribution in [3.63, 3.8) is 0 Å². The number of ether oxygens (including phenoxy) is 3. The minimum atomic E-state index is -0.764. The molecule has 318 valence electrons. The first-order chi connectivity index (χ1) is 26.5. The number of allylic oxidation sites excluding steroid dienone is 2. The number of carbonyl (C=O) groups is 3. The van der Waals surface area contributed by atoms with E-state index in [1.54, 1.807) is 0 Å². The van der Waals surface area contributed by atoms with Crippen LogP contribution in [0.5, 0.6) is 0 Å². The molecule has 54 heavy (non-hydrogen) atoms. The quantitative estimate of drug-likeness (QED) is 0.0266. The summed E-state index contributed by atoms with van der Waals surface area (Å²) in [6.45, 7) is 6.62. The summed E-state index contributed by atoms with van der Waals surface area (Å²) in [4.78, 5) is 37.7. The summed E-state index contributed by atoms with van der Waals surface area (Å²) < 4.78 is 16.7. The highest BCUT2D eigenvalue weighted by molar-refractivity contribution is 5.71. The van der Waals surface area contributed by atoms with Crippen LogP contribution in [0.1, 0.15) is 258 Å². The third kappa shape index (κ3) is 41.3. The molecule has 0 rings (SSSR count). The van der Waals surface area contributed by atoms with Crippen LogP contribution in [-0.4, -0.2) is 37.2 Å². The van der Waals surface area contributed by atoms with Gasteiger partial charge in [0.1, 0.15) is 13.2 Å². The number of unbranched alkanes of at least 4 members (excludes halogenated alkanes) is 30. The molecule has 0 aliphatic rings. The lowest BCUT2D eigenvalue weighted by Crippen LogP contribution is -2.30. The third-order valence-electron chi connectivity index (χ3n) is 10.5. The number of hydrogen-bond acceptors (Lipinski definition) is 6. The first kappa shape index (κ1) is 52.2. The summed E-state index contributed by atoms with van der Waals surface area (Å²) in [5, 5.41) is 0. The van der Waals surface area contributed by atoms with Gasteiger partial charge in [-0.1, -0.05) is 206 Å².